The van der Waals surface area contributed by atoms with E-state index in [-0.39, 0.29) is 24.6 Å². The van der Waals surface area contributed by atoms with Gasteiger partial charge in [-0.3, -0.25) is 4.98 Å². The number of ether oxygens (including phenoxy) is 1. The Morgan fingerprint density at radius 3 is 2.63 bits per heavy atom. The maximum absolute atomic E-state index is 13.3. The summed E-state index contributed by atoms with van der Waals surface area (Å²) in [6, 6.07) is 9.41. The summed E-state index contributed by atoms with van der Waals surface area (Å²) in [4.78, 5) is 14.6. The normalized spacial score (nSPS) is 10.4. The smallest absolute Gasteiger partial charge is 0.337 e. The van der Waals surface area contributed by atoms with Gasteiger partial charge in [-0.15, -0.1) is 0 Å². The van der Waals surface area contributed by atoms with E-state index in [1.807, 2.05) is 0 Å². The van der Waals surface area contributed by atoms with Crippen molar-refractivity contribution in [2.45, 2.75) is 13.2 Å². The van der Waals surface area contributed by atoms with E-state index in [1.165, 1.54) is 18.3 Å². The number of aromatic nitrogens is 1. The Hall–Kier alpha value is -2.27. The van der Waals surface area contributed by atoms with Crippen molar-refractivity contribution < 1.29 is 19.0 Å². The van der Waals surface area contributed by atoms with Crippen LogP contribution in [0.2, 0.25) is 0 Å². The van der Waals surface area contributed by atoms with E-state index < -0.39 is 5.97 Å². The molecule has 0 atom stereocenters. The number of hydrogen-bond donors (Lipinski definition) is 1. The maximum atomic E-state index is 13.3. The minimum Gasteiger partial charge on any atom is -0.478 e. The van der Waals surface area contributed by atoms with Crippen molar-refractivity contribution >= 4 is 5.97 Å². The van der Waals surface area contributed by atoms with Crippen LogP contribution in [0.3, 0.4) is 0 Å². The van der Waals surface area contributed by atoms with Crippen LogP contribution < -0.4 is 0 Å². The molecule has 1 aromatic heterocycles. The highest BCUT2D eigenvalue weighted by atomic mass is 19.1. The number of carboxylic acids is 1. The van der Waals surface area contributed by atoms with E-state index in [0.29, 0.717) is 11.3 Å². The second-order valence-electron chi connectivity index (χ2n) is 3.93. The average molecular weight is 261 g/mol. The zero-order valence-electron chi connectivity index (χ0n) is 10.0. The van der Waals surface area contributed by atoms with Gasteiger partial charge in [0.1, 0.15) is 5.82 Å². The fraction of sp³-hybridized carbons (Fsp3) is 0.143. The van der Waals surface area contributed by atoms with E-state index in [1.54, 1.807) is 24.3 Å². The Labute approximate surface area is 109 Å². The number of benzene rings is 1. The highest BCUT2D eigenvalue weighted by molar-refractivity contribution is 5.87. The molecule has 0 unspecified atom stereocenters. The summed E-state index contributed by atoms with van der Waals surface area (Å²) < 4.78 is 18.6. The lowest BCUT2D eigenvalue weighted by molar-refractivity contribution is 0.0696. The van der Waals surface area contributed by atoms with E-state index in [0.717, 1.165) is 0 Å². The lowest BCUT2D eigenvalue weighted by atomic mass is 10.2. The van der Waals surface area contributed by atoms with Gasteiger partial charge in [-0.2, -0.15) is 0 Å². The number of aromatic carboxylic acids is 1. The summed E-state index contributed by atoms with van der Waals surface area (Å²) >= 11 is 0. The van der Waals surface area contributed by atoms with E-state index in [4.69, 9.17) is 9.84 Å². The van der Waals surface area contributed by atoms with Crippen LogP contribution in [-0.4, -0.2) is 16.1 Å². The fourth-order valence-corrected chi connectivity index (χ4v) is 1.52. The fourth-order valence-electron chi connectivity index (χ4n) is 1.52. The first kappa shape index (κ1) is 13.2. The molecule has 19 heavy (non-hydrogen) atoms. The van der Waals surface area contributed by atoms with Crippen LogP contribution in [0.5, 0.6) is 0 Å². The van der Waals surface area contributed by atoms with Crippen LogP contribution in [0.1, 0.15) is 21.6 Å². The van der Waals surface area contributed by atoms with E-state index >= 15 is 0 Å². The summed E-state index contributed by atoms with van der Waals surface area (Å²) in [7, 11) is 0. The van der Waals surface area contributed by atoms with E-state index in [2.05, 4.69) is 4.98 Å². The molecule has 0 bridgehead atoms. The van der Waals surface area contributed by atoms with Crippen molar-refractivity contribution in [3.8, 4) is 0 Å². The van der Waals surface area contributed by atoms with Gasteiger partial charge in [-0.25, -0.2) is 9.18 Å². The lowest BCUT2D eigenvalue weighted by Gasteiger charge is -2.05. The number of halogens is 1. The quantitative estimate of drug-likeness (QED) is 0.898. The third-order valence-corrected chi connectivity index (χ3v) is 2.54. The van der Waals surface area contributed by atoms with Crippen LogP contribution in [-0.2, 0) is 18.0 Å². The van der Waals surface area contributed by atoms with Crippen LogP contribution in [0.4, 0.5) is 4.39 Å². The molecule has 0 fully saturated rings. The van der Waals surface area contributed by atoms with Crippen LogP contribution in [0, 0.1) is 5.82 Å². The number of rotatable bonds is 5. The first-order chi connectivity index (χ1) is 9.16. The van der Waals surface area contributed by atoms with Gasteiger partial charge in [-0.05, 0) is 18.2 Å². The number of pyridine rings is 1. The molecular formula is C14H12FNO3. The first-order valence-electron chi connectivity index (χ1n) is 5.66. The molecule has 98 valence electrons. The summed E-state index contributed by atoms with van der Waals surface area (Å²) in [6.45, 7) is 0.350. The SMILES string of the molecule is O=C(O)c1ccc(COCc2ccccc2F)nc1. The summed E-state index contributed by atoms with van der Waals surface area (Å²) in [5, 5.41) is 8.72. The third-order valence-electron chi connectivity index (χ3n) is 2.54. The summed E-state index contributed by atoms with van der Waals surface area (Å²) in [6.07, 6.45) is 1.27. The zero-order chi connectivity index (χ0) is 13.7. The number of nitrogens with zero attached hydrogens (tertiary/aromatic N) is 1. The molecule has 2 rings (SSSR count). The van der Waals surface area contributed by atoms with Crippen molar-refractivity contribution in [1.82, 2.24) is 4.98 Å². The molecule has 0 saturated carbocycles. The molecule has 2 aromatic rings. The molecule has 4 nitrogen and oxygen atoms in total. The molecular weight excluding hydrogens is 249 g/mol. The molecule has 0 radical (unpaired) electrons. The Morgan fingerprint density at radius 2 is 2.00 bits per heavy atom. The molecule has 0 saturated heterocycles. The van der Waals surface area contributed by atoms with Gasteiger partial charge in [0.25, 0.3) is 0 Å². The zero-order valence-corrected chi connectivity index (χ0v) is 10.0. The van der Waals surface area contributed by atoms with Crippen LogP contribution in [0.25, 0.3) is 0 Å². The lowest BCUT2D eigenvalue weighted by Crippen LogP contribution is -2.01. The second-order valence-corrected chi connectivity index (χ2v) is 3.93. The number of carboxylic acid groups (broad SMARTS) is 1. The van der Waals surface area contributed by atoms with Crippen molar-refractivity contribution in [3.63, 3.8) is 0 Å². The molecule has 0 spiro atoms. The minimum absolute atomic E-state index is 0.123. The van der Waals surface area contributed by atoms with Gasteiger partial charge in [-0.1, -0.05) is 18.2 Å². The first-order valence-corrected chi connectivity index (χ1v) is 5.66. The van der Waals surface area contributed by atoms with Crippen LogP contribution >= 0.6 is 0 Å². The topological polar surface area (TPSA) is 59.4 Å². The Bertz CT molecular complexity index is 569. The highest BCUT2D eigenvalue weighted by Gasteiger charge is 2.04. The summed E-state index contributed by atoms with van der Waals surface area (Å²) in [5.41, 5.74) is 1.20. The predicted molar refractivity (Wildman–Crippen MR) is 66.1 cm³/mol. The largest absolute Gasteiger partial charge is 0.478 e. The minimum atomic E-state index is -1.02. The van der Waals surface area contributed by atoms with Gasteiger partial charge < -0.3 is 9.84 Å². The maximum Gasteiger partial charge on any atom is 0.337 e. The van der Waals surface area contributed by atoms with Gasteiger partial charge in [0, 0.05) is 11.8 Å². The van der Waals surface area contributed by atoms with Crippen molar-refractivity contribution in [3.05, 3.63) is 65.2 Å². The second kappa shape index (κ2) is 6.06. The van der Waals surface area contributed by atoms with Crippen LogP contribution in [0.15, 0.2) is 42.6 Å². The monoisotopic (exact) mass is 261 g/mol. The van der Waals surface area contributed by atoms with Gasteiger partial charge in [0.2, 0.25) is 0 Å². The van der Waals surface area contributed by atoms with Gasteiger partial charge >= 0.3 is 5.97 Å². The predicted octanol–water partition coefficient (Wildman–Crippen LogP) is 2.64. The average Bonchev–Trinajstić information content (AvgIpc) is 2.41. The van der Waals surface area contributed by atoms with Gasteiger partial charge in [0.05, 0.1) is 24.5 Å². The molecule has 5 heteroatoms. The van der Waals surface area contributed by atoms with E-state index in [9.17, 15) is 9.18 Å². The van der Waals surface area contributed by atoms with Crippen molar-refractivity contribution in [2.75, 3.05) is 0 Å². The van der Waals surface area contributed by atoms with Crippen molar-refractivity contribution in [1.29, 1.82) is 0 Å². The Balaban J connectivity index is 1.89. The number of hydrogen-bond acceptors (Lipinski definition) is 3. The molecule has 0 aliphatic heterocycles. The van der Waals surface area contributed by atoms with Gasteiger partial charge in [0.15, 0.2) is 0 Å². The Morgan fingerprint density at radius 1 is 1.21 bits per heavy atom. The molecule has 1 aromatic carbocycles. The highest BCUT2D eigenvalue weighted by Crippen LogP contribution is 2.09. The van der Waals surface area contributed by atoms with Crippen molar-refractivity contribution in [2.24, 2.45) is 0 Å². The molecule has 0 aliphatic rings. The molecule has 0 amide bonds. The number of carbonyl (C=O) groups is 1. The Kier molecular flexibility index (Phi) is 4.20. The standard InChI is InChI=1S/C14H12FNO3/c15-13-4-2-1-3-11(13)8-19-9-12-6-5-10(7-16-12)14(17)18/h1-7H,8-9H2,(H,17,18). The third kappa shape index (κ3) is 3.59. The molecule has 0 aliphatic carbocycles. The molecule has 1 heterocycles. The summed E-state index contributed by atoms with van der Waals surface area (Å²) in [5.74, 6) is -1.33. The molecule has 1 N–H and O–H groups in total.